The third-order valence-corrected chi connectivity index (χ3v) is 1.67. The molecule has 0 bridgehead atoms. The molecule has 1 N–H and O–H groups in total. The minimum Gasteiger partial charge on any atom is -0.482 e. The van der Waals surface area contributed by atoms with Crippen LogP contribution in [0.3, 0.4) is 0 Å². The van der Waals surface area contributed by atoms with Crippen molar-refractivity contribution in [3.8, 4) is 5.75 Å². The van der Waals surface area contributed by atoms with Gasteiger partial charge in [0, 0.05) is 13.0 Å². The minimum atomic E-state index is -0.424. The molecule has 0 atom stereocenters. The van der Waals surface area contributed by atoms with Crippen LogP contribution in [0.15, 0.2) is 30.3 Å². The number of aliphatic hydroxyl groups is 1. The van der Waals surface area contributed by atoms with Gasteiger partial charge in [-0.1, -0.05) is 18.2 Å². The average molecular weight is 210 g/mol. The van der Waals surface area contributed by atoms with Gasteiger partial charge in [-0.3, -0.25) is 0 Å². The summed E-state index contributed by atoms with van der Waals surface area (Å²) < 4.78 is 9.94. The molecule has 0 aromatic heterocycles. The van der Waals surface area contributed by atoms with Crippen molar-refractivity contribution in [2.75, 3.05) is 19.8 Å². The zero-order valence-electron chi connectivity index (χ0n) is 8.39. The highest BCUT2D eigenvalue weighted by atomic mass is 16.6. The van der Waals surface area contributed by atoms with Crippen LogP contribution < -0.4 is 4.74 Å². The summed E-state index contributed by atoms with van der Waals surface area (Å²) in [6, 6.07) is 9.05. The van der Waals surface area contributed by atoms with E-state index in [4.69, 9.17) is 14.6 Å². The molecule has 0 saturated carbocycles. The summed E-state index contributed by atoms with van der Waals surface area (Å²) >= 11 is 0. The van der Waals surface area contributed by atoms with Gasteiger partial charge in [-0.15, -0.1) is 0 Å². The van der Waals surface area contributed by atoms with E-state index in [1.165, 1.54) is 0 Å². The third-order valence-electron chi connectivity index (χ3n) is 1.67. The van der Waals surface area contributed by atoms with Crippen LogP contribution in [-0.2, 0) is 9.53 Å². The highest BCUT2D eigenvalue weighted by molar-refractivity contribution is 5.71. The maximum absolute atomic E-state index is 11.1. The van der Waals surface area contributed by atoms with Crippen molar-refractivity contribution in [2.24, 2.45) is 0 Å². The minimum absolute atomic E-state index is 0.0207. The number of carbonyl (C=O) groups excluding carboxylic acids is 1. The van der Waals surface area contributed by atoms with Crippen LogP contribution in [0.1, 0.15) is 6.42 Å². The molecule has 82 valence electrons. The van der Waals surface area contributed by atoms with Gasteiger partial charge in [-0.05, 0) is 12.1 Å². The first-order chi connectivity index (χ1) is 7.33. The second kappa shape index (κ2) is 6.84. The molecular weight excluding hydrogens is 196 g/mol. The maximum atomic E-state index is 11.1. The zero-order valence-corrected chi connectivity index (χ0v) is 8.39. The van der Waals surface area contributed by atoms with Gasteiger partial charge in [-0.2, -0.15) is 0 Å². The summed E-state index contributed by atoms with van der Waals surface area (Å²) in [6.45, 7) is 0.149. The molecule has 0 amide bonds. The first-order valence-corrected chi connectivity index (χ1v) is 4.77. The molecule has 1 aromatic rings. The van der Waals surface area contributed by atoms with Gasteiger partial charge in [-0.25, -0.2) is 4.79 Å². The number of hydrogen-bond donors (Lipinski definition) is 1. The van der Waals surface area contributed by atoms with Crippen molar-refractivity contribution in [3.63, 3.8) is 0 Å². The van der Waals surface area contributed by atoms with Gasteiger partial charge in [0.05, 0.1) is 6.61 Å². The molecule has 15 heavy (non-hydrogen) atoms. The van der Waals surface area contributed by atoms with E-state index >= 15 is 0 Å². The third kappa shape index (κ3) is 5.02. The van der Waals surface area contributed by atoms with Crippen LogP contribution in [0, 0.1) is 0 Å². The number of benzene rings is 1. The van der Waals surface area contributed by atoms with Crippen LogP contribution in [0.4, 0.5) is 0 Å². The van der Waals surface area contributed by atoms with E-state index in [1.54, 1.807) is 12.1 Å². The number of carbonyl (C=O) groups is 1. The highest BCUT2D eigenvalue weighted by Gasteiger charge is 2.02. The molecule has 0 unspecified atom stereocenters. The Hall–Kier alpha value is -1.55. The van der Waals surface area contributed by atoms with Gasteiger partial charge < -0.3 is 14.6 Å². The Morgan fingerprint density at radius 1 is 1.27 bits per heavy atom. The standard InChI is InChI=1S/C11H14O4/c12-7-4-8-14-11(13)9-15-10-5-2-1-3-6-10/h1-3,5-6,12H,4,7-9H2. The lowest BCUT2D eigenvalue weighted by atomic mass is 10.3. The molecule has 4 nitrogen and oxygen atoms in total. The summed E-state index contributed by atoms with van der Waals surface area (Å²) in [5.74, 6) is 0.212. The van der Waals surface area contributed by atoms with Crippen LogP contribution >= 0.6 is 0 Å². The van der Waals surface area contributed by atoms with E-state index in [0.29, 0.717) is 12.2 Å². The second-order valence-corrected chi connectivity index (χ2v) is 2.90. The Morgan fingerprint density at radius 3 is 2.67 bits per heavy atom. The predicted molar refractivity (Wildman–Crippen MR) is 54.6 cm³/mol. The van der Waals surface area contributed by atoms with Crippen molar-refractivity contribution in [1.82, 2.24) is 0 Å². The molecule has 1 aromatic carbocycles. The van der Waals surface area contributed by atoms with Crippen molar-refractivity contribution in [2.45, 2.75) is 6.42 Å². The lowest BCUT2D eigenvalue weighted by molar-refractivity contribution is -0.146. The fourth-order valence-electron chi connectivity index (χ4n) is 0.951. The molecular formula is C11H14O4. The monoisotopic (exact) mass is 210 g/mol. The molecule has 0 spiro atoms. The first kappa shape index (κ1) is 11.5. The number of aliphatic hydroxyl groups excluding tert-OH is 1. The van der Waals surface area contributed by atoms with Crippen LogP contribution in [0.25, 0.3) is 0 Å². The number of rotatable bonds is 6. The molecule has 0 radical (unpaired) electrons. The van der Waals surface area contributed by atoms with E-state index < -0.39 is 5.97 Å². The first-order valence-electron chi connectivity index (χ1n) is 4.77. The largest absolute Gasteiger partial charge is 0.482 e. The van der Waals surface area contributed by atoms with Gasteiger partial charge in [0.2, 0.25) is 0 Å². The smallest absolute Gasteiger partial charge is 0.344 e. The molecule has 0 aliphatic carbocycles. The second-order valence-electron chi connectivity index (χ2n) is 2.90. The summed E-state index contributed by atoms with van der Waals surface area (Å²) in [7, 11) is 0. The quantitative estimate of drug-likeness (QED) is 0.562. The molecule has 0 heterocycles. The lowest BCUT2D eigenvalue weighted by Crippen LogP contribution is -2.15. The Morgan fingerprint density at radius 2 is 2.00 bits per heavy atom. The number of ether oxygens (including phenoxy) is 2. The Bertz CT molecular complexity index is 284. The Balaban J connectivity index is 2.17. The Kier molecular flexibility index (Phi) is 5.25. The van der Waals surface area contributed by atoms with Gasteiger partial charge in [0.15, 0.2) is 6.61 Å². The SMILES string of the molecule is O=C(COc1ccccc1)OCCCO. The van der Waals surface area contributed by atoms with Crippen molar-refractivity contribution in [3.05, 3.63) is 30.3 Å². The highest BCUT2D eigenvalue weighted by Crippen LogP contribution is 2.07. The van der Waals surface area contributed by atoms with E-state index in [0.717, 1.165) is 0 Å². The van der Waals surface area contributed by atoms with E-state index in [-0.39, 0.29) is 19.8 Å². The van der Waals surface area contributed by atoms with Gasteiger partial charge >= 0.3 is 5.97 Å². The molecule has 0 fully saturated rings. The Labute approximate surface area is 88.4 Å². The van der Waals surface area contributed by atoms with Gasteiger partial charge in [0.1, 0.15) is 5.75 Å². The number of hydrogen-bond acceptors (Lipinski definition) is 4. The van der Waals surface area contributed by atoms with Crippen LogP contribution in [0.5, 0.6) is 5.75 Å². The van der Waals surface area contributed by atoms with E-state index in [2.05, 4.69) is 0 Å². The summed E-state index contributed by atoms with van der Waals surface area (Å²) in [5, 5.41) is 8.46. The van der Waals surface area contributed by atoms with Crippen molar-refractivity contribution < 1.29 is 19.4 Å². The average Bonchev–Trinajstić information content (AvgIpc) is 2.28. The molecule has 4 heteroatoms. The summed E-state index contributed by atoms with van der Waals surface area (Å²) in [6.07, 6.45) is 0.455. The van der Waals surface area contributed by atoms with Crippen LogP contribution in [-0.4, -0.2) is 30.9 Å². The number of para-hydroxylation sites is 1. The zero-order chi connectivity index (χ0) is 10.9. The fraction of sp³-hybridized carbons (Fsp3) is 0.364. The molecule has 0 saturated heterocycles. The molecule has 1 rings (SSSR count). The number of esters is 1. The fourth-order valence-corrected chi connectivity index (χ4v) is 0.951. The van der Waals surface area contributed by atoms with Crippen LogP contribution in [0.2, 0.25) is 0 Å². The lowest BCUT2D eigenvalue weighted by Gasteiger charge is -2.05. The van der Waals surface area contributed by atoms with E-state index in [1.807, 2.05) is 18.2 Å². The molecule has 0 aliphatic heterocycles. The van der Waals surface area contributed by atoms with Crippen molar-refractivity contribution >= 4 is 5.97 Å². The predicted octanol–water partition coefficient (Wildman–Crippen LogP) is 0.991. The topological polar surface area (TPSA) is 55.8 Å². The van der Waals surface area contributed by atoms with Crippen molar-refractivity contribution in [1.29, 1.82) is 0 Å². The van der Waals surface area contributed by atoms with Gasteiger partial charge in [0.25, 0.3) is 0 Å². The summed E-state index contributed by atoms with van der Waals surface area (Å²) in [5.41, 5.74) is 0. The normalized spacial score (nSPS) is 9.67. The molecule has 0 aliphatic rings. The summed E-state index contributed by atoms with van der Waals surface area (Å²) in [4.78, 5) is 11.1. The maximum Gasteiger partial charge on any atom is 0.344 e. The van der Waals surface area contributed by atoms with E-state index in [9.17, 15) is 4.79 Å².